The Balaban J connectivity index is 1.17. The number of fused-ring (bicyclic) bond motifs is 4. The number of carbonyl (C=O) groups excluding carboxylic acids is 1. The summed E-state index contributed by atoms with van der Waals surface area (Å²) in [6.07, 6.45) is 2.73. The highest BCUT2D eigenvalue weighted by Gasteiger charge is 2.40. The zero-order valence-electron chi connectivity index (χ0n) is 21.1. The molecule has 4 aliphatic heterocycles. The van der Waals surface area contributed by atoms with Gasteiger partial charge in [-0.3, -0.25) is 14.8 Å². The second kappa shape index (κ2) is 8.72. The van der Waals surface area contributed by atoms with Crippen LogP contribution in [0.15, 0.2) is 48.7 Å². The van der Waals surface area contributed by atoms with Crippen molar-refractivity contribution in [2.24, 2.45) is 0 Å². The number of nitriles is 1. The third kappa shape index (κ3) is 3.64. The van der Waals surface area contributed by atoms with Gasteiger partial charge in [-0.15, -0.1) is 0 Å². The summed E-state index contributed by atoms with van der Waals surface area (Å²) >= 11 is 0. The summed E-state index contributed by atoms with van der Waals surface area (Å²) in [6.45, 7) is 8.41. The van der Waals surface area contributed by atoms with E-state index in [1.165, 1.54) is 11.1 Å². The number of hydrogen-bond acceptors (Lipinski definition) is 6. The monoisotopic (exact) mass is 493 g/mol. The van der Waals surface area contributed by atoms with Gasteiger partial charge in [0.05, 0.1) is 17.1 Å². The molecule has 1 N–H and O–H groups in total. The number of nitrogens with one attached hydrogen (secondary N) is 1. The second-order valence-electron chi connectivity index (χ2n) is 10.8. The Morgan fingerprint density at radius 1 is 1.08 bits per heavy atom. The van der Waals surface area contributed by atoms with Gasteiger partial charge in [0.25, 0.3) is 0 Å². The Morgan fingerprint density at radius 3 is 2.86 bits per heavy atom. The summed E-state index contributed by atoms with van der Waals surface area (Å²) in [5.41, 5.74) is 6.30. The molecule has 4 aliphatic rings. The van der Waals surface area contributed by atoms with Crippen molar-refractivity contribution in [3.63, 3.8) is 0 Å². The highest BCUT2D eigenvalue weighted by Crippen LogP contribution is 2.36. The first-order valence-corrected chi connectivity index (χ1v) is 13.3. The van der Waals surface area contributed by atoms with Gasteiger partial charge >= 0.3 is 6.03 Å². The second-order valence-corrected chi connectivity index (χ2v) is 10.8. The number of rotatable bonds is 2. The first-order valence-electron chi connectivity index (χ1n) is 13.3. The van der Waals surface area contributed by atoms with Crippen molar-refractivity contribution in [3.8, 4) is 6.07 Å². The summed E-state index contributed by atoms with van der Waals surface area (Å²) < 4.78 is 0. The fraction of sp³-hybridized carbons (Fsp3) is 0.414. The summed E-state index contributed by atoms with van der Waals surface area (Å²) in [7, 11) is 0. The molecule has 3 fully saturated rings. The van der Waals surface area contributed by atoms with Gasteiger partial charge in [0, 0.05) is 80.9 Å². The molecule has 0 radical (unpaired) electrons. The molecule has 0 spiro atoms. The maximum atomic E-state index is 13.1. The molecule has 2 amide bonds. The highest BCUT2D eigenvalue weighted by atomic mass is 16.2. The van der Waals surface area contributed by atoms with Crippen molar-refractivity contribution < 1.29 is 4.79 Å². The van der Waals surface area contributed by atoms with Crippen LogP contribution in [0.4, 0.5) is 16.2 Å². The molecule has 0 saturated carbocycles. The average Bonchev–Trinajstić information content (AvgIpc) is 3.27. The van der Waals surface area contributed by atoms with Crippen LogP contribution in [-0.4, -0.2) is 78.2 Å². The molecule has 37 heavy (non-hydrogen) atoms. The van der Waals surface area contributed by atoms with E-state index in [1.54, 1.807) is 6.20 Å². The summed E-state index contributed by atoms with van der Waals surface area (Å²) in [5.74, 6) is 0. The smallest absolute Gasteiger partial charge is 0.324 e. The molecule has 5 heterocycles. The number of aromatic nitrogens is 1. The van der Waals surface area contributed by atoms with E-state index in [1.807, 2.05) is 21.9 Å². The van der Waals surface area contributed by atoms with Gasteiger partial charge in [0.1, 0.15) is 6.07 Å². The van der Waals surface area contributed by atoms with Crippen LogP contribution in [0, 0.1) is 11.3 Å². The van der Waals surface area contributed by atoms with Gasteiger partial charge in [-0.25, -0.2) is 4.79 Å². The van der Waals surface area contributed by atoms with Crippen LogP contribution in [0.1, 0.15) is 23.6 Å². The largest absolute Gasteiger partial charge is 0.368 e. The lowest BCUT2D eigenvalue weighted by atomic mass is 9.89. The molecule has 0 aliphatic carbocycles. The van der Waals surface area contributed by atoms with Crippen LogP contribution in [0.2, 0.25) is 0 Å². The molecule has 7 rings (SSSR count). The average molecular weight is 494 g/mol. The van der Waals surface area contributed by atoms with Crippen LogP contribution in [0.25, 0.3) is 10.9 Å². The van der Waals surface area contributed by atoms with E-state index in [0.717, 1.165) is 74.5 Å². The van der Waals surface area contributed by atoms with Gasteiger partial charge < -0.3 is 15.1 Å². The van der Waals surface area contributed by atoms with Crippen molar-refractivity contribution >= 4 is 28.3 Å². The molecule has 188 valence electrons. The Bertz CT molecular complexity index is 1430. The number of carbonyl (C=O) groups is 1. The number of benzene rings is 2. The van der Waals surface area contributed by atoms with E-state index in [-0.39, 0.29) is 12.1 Å². The minimum absolute atomic E-state index is 0.141. The number of piperazine rings is 2. The van der Waals surface area contributed by atoms with Crippen molar-refractivity contribution in [1.82, 2.24) is 20.1 Å². The quantitative estimate of drug-likeness (QED) is 0.592. The third-order valence-corrected chi connectivity index (χ3v) is 8.69. The third-order valence-electron chi connectivity index (χ3n) is 8.69. The van der Waals surface area contributed by atoms with Crippen molar-refractivity contribution in [1.29, 1.82) is 5.26 Å². The molecule has 8 nitrogen and oxygen atoms in total. The fourth-order valence-electron chi connectivity index (χ4n) is 6.82. The van der Waals surface area contributed by atoms with E-state index in [0.29, 0.717) is 17.6 Å². The SMILES string of the molecule is C[C@@H]1CN(c2ccc(C#N)c3ncccc23)C[C@@H]2Cc3cc(N4CC5CNCCN5C4=O)ccc3CN21. The van der Waals surface area contributed by atoms with Gasteiger partial charge in [0.15, 0.2) is 0 Å². The van der Waals surface area contributed by atoms with Gasteiger partial charge in [-0.1, -0.05) is 6.07 Å². The van der Waals surface area contributed by atoms with Gasteiger partial charge in [-0.05, 0) is 60.9 Å². The Kier molecular flexibility index (Phi) is 5.31. The maximum Gasteiger partial charge on any atom is 0.324 e. The van der Waals surface area contributed by atoms with Crippen LogP contribution in [0.3, 0.4) is 0 Å². The number of nitrogens with zero attached hydrogens (tertiary/aromatic N) is 6. The molecule has 1 unspecified atom stereocenters. The lowest BCUT2D eigenvalue weighted by Gasteiger charge is -2.49. The molecule has 2 aromatic carbocycles. The Hall–Kier alpha value is -3.67. The Morgan fingerprint density at radius 2 is 2.00 bits per heavy atom. The van der Waals surface area contributed by atoms with E-state index >= 15 is 0 Å². The molecule has 1 aromatic heterocycles. The van der Waals surface area contributed by atoms with E-state index in [2.05, 4.69) is 63.4 Å². The van der Waals surface area contributed by atoms with Gasteiger partial charge in [0.2, 0.25) is 0 Å². The van der Waals surface area contributed by atoms with Crippen molar-refractivity contribution in [2.45, 2.75) is 38.0 Å². The van der Waals surface area contributed by atoms with Crippen molar-refractivity contribution in [2.75, 3.05) is 49.1 Å². The highest BCUT2D eigenvalue weighted by molar-refractivity contribution is 5.96. The molecule has 8 heteroatoms. The lowest BCUT2D eigenvalue weighted by Crippen LogP contribution is -2.59. The van der Waals surface area contributed by atoms with Crippen molar-refractivity contribution in [3.05, 3.63) is 65.4 Å². The molecule has 3 aromatic rings. The zero-order valence-corrected chi connectivity index (χ0v) is 21.1. The number of anilines is 2. The molecule has 3 saturated heterocycles. The van der Waals surface area contributed by atoms with Gasteiger partial charge in [-0.2, -0.15) is 5.26 Å². The molecule has 3 atom stereocenters. The van der Waals surface area contributed by atoms with Crippen LogP contribution < -0.4 is 15.1 Å². The summed E-state index contributed by atoms with van der Waals surface area (Å²) in [5, 5.41) is 14.0. The minimum atomic E-state index is 0.141. The summed E-state index contributed by atoms with van der Waals surface area (Å²) in [6, 6.07) is 18.1. The molecular weight excluding hydrogens is 462 g/mol. The molecular formula is C29H31N7O. The predicted molar refractivity (Wildman–Crippen MR) is 144 cm³/mol. The normalized spacial score (nSPS) is 25.6. The predicted octanol–water partition coefficient (Wildman–Crippen LogP) is 2.96. The maximum absolute atomic E-state index is 13.1. The molecule has 0 bridgehead atoms. The number of hydrogen-bond donors (Lipinski definition) is 1. The minimum Gasteiger partial charge on any atom is -0.368 e. The number of pyridine rings is 1. The van der Waals surface area contributed by atoms with E-state index < -0.39 is 0 Å². The first kappa shape index (κ1) is 22.5. The Labute approximate surface area is 217 Å². The lowest BCUT2D eigenvalue weighted by molar-refractivity contribution is 0.101. The standard InChI is InChI=1S/C29H31N7O/c1-19-15-33(27-7-5-20(13-30)28-26(27)3-2-8-32-28)17-24-12-22-11-23(6-4-21(22)16-35(19)24)36-18-25-14-31-9-10-34(25)29(36)37/h2-8,11,19,24-25,31H,9-10,12,14-18H2,1H3/t19-,24+,25?/m1/s1. The topological polar surface area (TPSA) is 78.7 Å². The number of urea groups is 1. The van der Waals surface area contributed by atoms with Crippen LogP contribution in [0.5, 0.6) is 0 Å². The first-order chi connectivity index (χ1) is 18.1. The summed E-state index contributed by atoms with van der Waals surface area (Å²) in [4.78, 5) is 26.7. The van der Waals surface area contributed by atoms with E-state index in [9.17, 15) is 10.1 Å². The van der Waals surface area contributed by atoms with Crippen LogP contribution >= 0.6 is 0 Å². The fourth-order valence-corrected chi connectivity index (χ4v) is 6.82. The van der Waals surface area contributed by atoms with E-state index in [4.69, 9.17) is 0 Å². The van der Waals surface area contributed by atoms with Crippen LogP contribution in [-0.2, 0) is 13.0 Å². The zero-order chi connectivity index (χ0) is 25.1. The number of amides is 2.